The number of primary amides is 1. The Kier molecular flexibility index (Phi) is 2.95. The van der Waals surface area contributed by atoms with E-state index in [0.717, 1.165) is 11.1 Å². The van der Waals surface area contributed by atoms with Gasteiger partial charge in [0.1, 0.15) is 0 Å². The Morgan fingerprint density at radius 3 is 2.07 bits per heavy atom. The highest BCUT2D eigenvalue weighted by Crippen LogP contribution is 2.19. The van der Waals surface area contributed by atoms with E-state index in [0.29, 0.717) is 5.57 Å². The third-order valence-corrected chi connectivity index (χ3v) is 2.27. The fraction of sp³-hybridized carbons (Fsp3) is 0.250. The smallest absolute Gasteiger partial charge is 0.248 e. The Hall–Kier alpha value is -1.61. The zero-order chi connectivity index (χ0) is 11.6. The second kappa shape index (κ2) is 3.87. The van der Waals surface area contributed by atoms with Crippen molar-refractivity contribution in [1.29, 1.82) is 0 Å². The molecule has 0 heterocycles. The number of carbonyl (C=O) groups excluding carboxylic acids is 1. The van der Waals surface area contributed by atoms with Gasteiger partial charge in [-0.1, -0.05) is 30.8 Å². The first-order valence-corrected chi connectivity index (χ1v) is 4.71. The van der Waals surface area contributed by atoms with Crippen LogP contribution in [0.1, 0.15) is 25.0 Å². The molecule has 3 heteroatoms. The SMILES string of the molecule is C=C(C(N)=O)c1ccc(C(C)(C)N)cc1. The van der Waals surface area contributed by atoms with Crippen LogP contribution >= 0.6 is 0 Å². The lowest BCUT2D eigenvalue weighted by Crippen LogP contribution is -2.28. The summed E-state index contributed by atoms with van der Waals surface area (Å²) in [5, 5.41) is 0. The molecule has 0 fully saturated rings. The molecule has 0 aliphatic carbocycles. The molecule has 0 spiro atoms. The summed E-state index contributed by atoms with van der Waals surface area (Å²) in [4.78, 5) is 10.9. The van der Waals surface area contributed by atoms with Crippen LogP contribution in [0.5, 0.6) is 0 Å². The molecule has 0 bridgehead atoms. The Bertz CT molecular complexity index is 385. The first kappa shape index (κ1) is 11.5. The molecule has 4 N–H and O–H groups in total. The molecule has 0 atom stereocenters. The zero-order valence-corrected chi connectivity index (χ0v) is 9.08. The number of carbonyl (C=O) groups is 1. The average molecular weight is 204 g/mol. The minimum atomic E-state index is -0.505. The van der Waals surface area contributed by atoms with Gasteiger partial charge in [-0.05, 0) is 25.0 Å². The Balaban J connectivity index is 3.01. The Morgan fingerprint density at radius 1 is 1.27 bits per heavy atom. The lowest BCUT2D eigenvalue weighted by molar-refractivity contribution is -0.112. The van der Waals surface area contributed by atoms with Crippen molar-refractivity contribution in [2.24, 2.45) is 11.5 Å². The summed E-state index contributed by atoms with van der Waals surface area (Å²) in [7, 11) is 0. The van der Waals surface area contributed by atoms with Gasteiger partial charge >= 0.3 is 0 Å². The summed E-state index contributed by atoms with van der Waals surface area (Å²) in [5.74, 6) is -0.505. The maximum absolute atomic E-state index is 10.9. The molecule has 15 heavy (non-hydrogen) atoms. The molecule has 0 unspecified atom stereocenters. The van der Waals surface area contributed by atoms with Crippen LogP contribution in [-0.4, -0.2) is 5.91 Å². The van der Waals surface area contributed by atoms with Crippen molar-refractivity contribution in [2.75, 3.05) is 0 Å². The van der Waals surface area contributed by atoms with Crippen LogP contribution in [0.3, 0.4) is 0 Å². The fourth-order valence-corrected chi connectivity index (χ4v) is 1.24. The highest BCUT2D eigenvalue weighted by molar-refractivity contribution is 6.17. The van der Waals surface area contributed by atoms with E-state index >= 15 is 0 Å². The number of rotatable bonds is 3. The van der Waals surface area contributed by atoms with Gasteiger partial charge in [0.2, 0.25) is 5.91 Å². The molecular formula is C12H16N2O. The monoisotopic (exact) mass is 204 g/mol. The number of amides is 1. The molecule has 0 aliphatic rings. The van der Waals surface area contributed by atoms with Gasteiger partial charge in [-0.3, -0.25) is 4.79 Å². The summed E-state index contributed by atoms with van der Waals surface area (Å²) < 4.78 is 0. The van der Waals surface area contributed by atoms with Gasteiger partial charge in [0.25, 0.3) is 0 Å². The van der Waals surface area contributed by atoms with Gasteiger partial charge < -0.3 is 11.5 Å². The van der Waals surface area contributed by atoms with E-state index in [4.69, 9.17) is 11.5 Å². The predicted octanol–water partition coefficient (Wildman–Crippen LogP) is 1.38. The largest absolute Gasteiger partial charge is 0.366 e. The van der Waals surface area contributed by atoms with E-state index in [1.54, 1.807) is 12.1 Å². The molecule has 3 nitrogen and oxygen atoms in total. The molecule has 0 aliphatic heterocycles. The maximum Gasteiger partial charge on any atom is 0.248 e. The summed E-state index contributed by atoms with van der Waals surface area (Å²) in [6.07, 6.45) is 0. The summed E-state index contributed by atoms with van der Waals surface area (Å²) in [6, 6.07) is 7.36. The second-order valence-corrected chi connectivity index (χ2v) is 4.14. The molecule has 1 amide bonds. The predicted molar refractivity (Wildman–Crippen MR) is 61.9 cm³/mol. The molecular weight excluding hydrogens is 188 g/mol. The van der Waals surface area contributed by atoms with Crippen molar-refractivity contribution in [3.8, 4) is 0 Å². The van der Waals surface area contributed by atoms with Crippen LogP contribution < -0.4 is 11.5 Å². The van der Waals surface area contributed by atoms with Gasteiger partial charge in [-0.25, -0.2) is 0 Å². The van der Waals surface area contributed by atoms with Gasteiger partial charge in [0.15, 0.2) is 0 Å². The Labute approximate surface area is 89.8 Å². The van der Waals surface area contributed by atoms with E-state index in [2.05, 4.69) is 6.58 Å². The molecule has 0 aromatic heterocycles. The maximum atomic E-state index is 10.9. The van der Waals surface area contributed by atoms with E-state index in [-0.39, 0.29) is 5.54 Å². The number of nitrogens with two attached hydrogens (primary N) is 2. The lowest BCUT2D eigenvalue weighted by Gasteiger charge is -2.19. The third-order valence-electron chi connectivity index (χ3n) is 2.27. The molecule has 80 valence electrons. The number of benzene rings is 1. The molecule has 0 saturated heterocycles. The van der Waals surface area contributed by atoms with Crippen LogP contribution in [0.2, 0.25) is 0 Å². The van der Waals surface area contributed by atoms with Crippen LogP contribution in [0.25, 0.3) is 5.57 Å². The van der Waals surface area contributed by atoms with Crippen LogP contribution in [-0.2, 0) is 10.3 Å². The molecule has 0 radical (unpaired) electrons. The van der Waals surface area contributed by atoms with Crippen LogP contribution in [0.15, 0.2) is 30.8 Å². The Morgan fingerprint density at radius 2 is 1.73 bits per heavy atom. The van der Waals surface area contributed by atoms with E-state index in [9.17, 15) is 4.79 Å². The molecule has 1 aromatic carbocycles. The van der Waals surface area contributed by atoms with Crippen LogP contribution in [0.4, 0.5) is 0 Å². The van der Waals surface area contributed by atoms with Crippen molar-refractivity contribution in [3.05, 3.63) is 42.0 Å². The van der Waals surface area contributed by atoms with E-state index < -0.39 is 5.91 Å². The van der Waals surface area contributed by atoms with Crippen molar-refractivity contribution < 1.29 is 4.79 Å². The van der Waals surface area contributed by atoms with Gasteiger partial charge in [-0.15, -0.1) is 0 Å². The first-order valence-electron chi connectivity index (χ1n) is 4.71. The quantitative estimate of drug-likeness (QED) is 0.730. The normalized spacial score (nSPS) is 11.1. The first-order chi connectivity index (χ1) is 6.82. The van der Waals surface area contributed by atoms with E-state index in [1.165, 1.54) is 0 Å². The van der Waals surface area contributed by atoms with Gasteiger partial charge in [0, 0.05) is 11.1 Å². The minimum Gasteiger partial charge on any atom is -0.366 e. The molecule has 0 saturated carbocycles. The minimum absolute atomic E-state index is 0.316. The summed E-state index contributed by atoms with van der Waals surface area (Å²) in [6.45, 7) is 7.45. The van der Waals surface area contributed by atoms with Crippen molar-refractivity contribution in [2.45, 2.75) is 19.4 Å². The summed E-state index contributed by atoms with van der Waals surface area (Å²) >= 11 is 0. The second-order valence-electron chi connectivity index (χ2n) is 4.14. The van der Waals surface area contributed by atoms with Crippen LogP contribution in [0, 0.1) is 0 Å². The van der Waals surface area contributed by atoms with Gasteiger partial charge in [0.05, 0.1) is 0 Å². The third kappa shape index (κ3) is 2.67. The van der Waals surface area contributed by atoms with E-state index in [1.807, 2.05) is 26.0 Å². The number of hydrogen-bond donors (Lipinski definition) is 2. The highest BCUT2D eigenvalue weighted by Gasteiger charge is 2.14. The zero-order valence-electron chi connectivity index (χ0n) is 9.08. The fourth-order valence-electron chi connectivity index (χ4n) is 1.24. The molecule has 1 rings (SSSR count). The van der Waals surface area contributed by atoms with Crippen molar-refractivity contribution in [1.82, 2.24) is 0 Å². The topological polar surface area (TPSA) is 69.1 Å². The number of hydrogen-bond acceptors (Lipinski definition) is 2. The highest BCUT2D eigenvalue weighted by atomic mass is 16.1. The van der Waals surface area contributed by atoms with Crippen molar-refractivity contribution >= 4 is 11.5 Å². The lowest BCUT2D eigenvalue weighted by atomic mass is 9.93. The molecule has 1 aromatic rings. The van der Waals surface area contributed by atoms with Crippen molar-refractivity contribution in [3.63, 3.8) is 0 Å². The summed E-state index contributed by atoms with van der Waals surface area (Å²) in [5.41, 5.74) is 12.7. The average Bonchev–Trinajstić information content (AvgIpc) is 2.15. The van der Waals surface area contributed by atoms with Gasteiger partial charge in [-0.2, -0.15) is 0 Å². The standard InChI is InChI=1S/C12H16N2O/c1-8(11(13)15)9-4-6-10(7-5-9)12(2,3)14/h4-7H,1,14H2,2-3H3,(H2,13,15).